The van der Waals surface area contributed by atoms with Gasteiger partial charge in [0.15, 0.2) is 0 Å². The van der Waals surface area contributed by atoms with Crippen molar-refractivity contribution in [1.82, 2.24) is 14.9 Å². The van der Waals surface area contributed by atoms with Gasteiger partial charge in [-0.15, -0.1) is 0 Å². The quantitative estimate of drug-likeness (QED) is 0.439. The van der Waals surface area contributed by atoms with E-state index in [2.05, 4.69) is 14.9 Å². The number of aromatic nitrogens is 2. The van der Waals surface area contributed by atoms with Crippen molar-refractivity contribution in [3.8, 4) is 0 Å². The number of nitrogens with zero attached hydrogens (tertiary/aromatic N) is 1. The van der Waals surface area contributed by atoms with Crippen molar-refractivity contribution >= 4 is 15.9 Å². The summed E-state index contributed by atoms with van der Waals surface area (Å²) in [5, 5.41) is 13.7. The molecule has 1 aromatic rings. The monoisotopic (exact) mass is 259 g/mol. The maximum atomic E-state index is 12.1. The second-order valence-electron chi connectivity index (χ2n) is 3.80. The molecule has 8 heteroatoms. The molecule has 0 saturated heterocycles. The fourth-order valence-corrected chi connectivity index (χ4v) is 3.22. The fourth-order valence-electron chi connectivity index (χ4n) is 1.55. The van der Waals surface area contributed by atoms with Gasteiger partial charge in [-0.05, 0) is 20.3 Å². The summed E-state index contributed by atoms with van der Waals surface area (Å²) >= 11 is 0. The minimum absolute atomic E-state index is 0.122. The third kappa shape index (κ3) is 2.83. The Morgan fingerprint density at radius 3 is 2.53 bits per heavy atom. The molecule has 0 fully saturated rings. The zero-order valence-corrected chi connectivity index (χ0v) is 10.9. The minimum atomic E-state index is -3.70. The molecule has 0 aromatic carbocycles. The summed E-state index contributed by atoms with van der Waals surface area (Å²) in [7, 11) is -3.70. The van der Waals surface area contributed by atoms with Crippen LogP contribution < -0.4 is 10.5 Å². The van der Waals surface area contributed by atoms with E-state index in [4.69, 9.17) is 11.1 Å². The summed E-state index contributed by atoms with van der Waals surface area (Å²) in [5.74, 6) is -0.199. The van der Waals surface area contributed by atoms with Gasteiger partial charge in [0.05, 0.1) is 17.4 Å². The van der Waals surface area contributed by atoms with Gasteiger partial charge in [0.1, 0.15) is 10.7 Å². The molecule has 1 aromatic heterocycles. The lowest BCUT2D eigenvalue weighted by Gasteiger charge is -2.15. The summed E-state index contributed by atoms with van der Waals surface area (Å²) in [6.07, 6.45) is 0.421. The van der Waals surface area contributed by atoms with Crippen LogP contribution in [-0.2, 0) is 10.0 Å². The molecule has 0 spiro atoms. The Hall–Kier alpha value is -1.41. The van der Waals surface area contributed by atoms with Crippen molar-refractivity contribution < 1.29 is 8.42 Å². The summed E-state index contributed by atoms with van der Waals surface area (Å²) in [6, 6.07) is -0.686. The van der Waals surface area contributed by atoms with E-state index >= 15 is 0 Å². The normalized spacial score (nSPS) is 13.6. The van der Waals surface area contributed by atoms with Crippen molar-refractivity contribution in [3.05, 3.63) is 11.4 Å². The maximum absolute atomic E-state index is 12.1. The van der Waals surface area contributed by atoms with Crippen LogP contribution in [0.5, 0.6) is 0 Å². The highest BCUT2D eigenvalue weighted by molar-refractivity contribution is 7.89. The number of hydrogen-bond acceptors (Lipinski definition) is 4. The van der Waals surface area contributed by atoms with Gasteiger partial charge in [0, 0.05) is 0 Å². The summed E-state index contributed by atoms with van der Waals surface area (Å²) in [5.41, 5.74) is 6.18. The molecule has 0 bridgehead atoms. The predicted molar refractivity (Wildman–Crippen MR) is 64.4 cm³/mol. The molecular formula is C9H17N5O2S. The first kappa shape index (κ1) is 13.7. The Morgan fingerprint density at radius 2 is 2.18 bits per heavy atom. The van der Waals surface area contributed by atoms with Crippen LogP contribution in [0.4, 0.5) is 0 Å². The molecule has 7 nitrogen and oxygen atoms in total. The van der Waals surface area contributed by atoms with Crippen molar-refractivity contribution in [2.75, 3.05) is 0 Å². The molecule has 0 amide bonds. The Labute approximate surface area is 100 Å². The lowest BCUT2D eigenvalue weighted by Crippen LogP contribution is -2.43. The SMILES string of the molecule is CCC(NS(=O)(=O)c1c(C)n[nH]c1C)C(=N)N. The lowest BCUT2D eigenvalue weighted by atomic mass is 10.2. The largest absolute Gasteiger partial charge is 0.386 e. The smallest absolute Gasteiger partial charge is 0.244 e. The highest BCUT2D eigenvalue weighted by Crippen LogP contribution is 2.16. The van der Waals surface area contributed by atoms with E-state index in [9.17, 15) is 8.42 Å². The molecule has 0 aliphatic heterocycles. The number of aromatic amines is 1. The zero-order chi connectivity index (χ0) is 13.2. The summed E-state index contributed by atoms with van der Waals surface area (Å²) in [6.45, 7) is 4.99. The summed E-state index contributed by atoms with van der Waals surface area (Å²) in [4.78, 5) is 0.122. The van der Waals surface area contributed by atoms with Crippen LogP contribution in [0.1, 0.15) is 24.7 Å². The Balaban J connectivity index is 3.09. The van der Waals surface area contributed by atoms with Gasteiger partial charge in [-0.25, -0.2) is 13.1 Å². The average molecular weight is 259 g/mol. The van der Waals surface area contributed by atoms with E-state index in [-0.39, 0.29) is 10.7 Å². The van der Waals surface area contributed by atoms with Crippen LogP contribution in [0, 0.1) is 19.3 Å². The van der Waals surface area contributed by atoms with Crippen molar-refractivity contribution in [3.63, 3.8) is 0 Å². The van der Waals surface area contributed by atoms with Crippen molar-refractivity contribution in [2.24, 2.45) is 5.73 Å². The van der Waals surface area contributed by atoms with Gasteiger partial charge >= 0.3 is 0 Å². The number of sulfonamides is 1. The summed E-state index contributed by atoms with van der Waals surface area (Å²) < 4.78 is 26.6. The van der Waals surface area contributed by atoms with E-state index in [0.29, 0.717) is 17.8 Å². The van der Waals surface area contributed by atoms with Crippen molar-refractivity contribution in [2.45, 2.75) is 38.1 Å². The molecule has 96 valence electrons. The van der Waals surface area contributed by atoms with Gasteiger partial charge in [0.25, 0.3) is 0 Å². The van der Waals surface area contributed by atoms with Crippen molar-refractivity contribution in [1.29, 1.82) is 5.41 Å². The van der Waals surface area contributed by atoms with E-state index in [1.165, 1.54) is 0 Å². The molecule has 1 heterocycles. The highest BCUT2D eigenvalue weighted by atomic mass is 32.2. The Morgan fingerprint density at radius 1 is 1.59 bits per heavy atom. The van der Waals surface area contributed by atoms with Crippen LogP contribution in [-0.4, -0.2) is 30.5 Å². The number of H-pyrrole nitrogens is 1. The Bertz CT molecular complexity index is 500. The van der Waals surface area contributed by atoms with E-state index < -0.39 is 16.1 Å². The number of nitrogens with two attached hydrogens (primary N) is 1. The maximum Gasteiger partial charge on any atom is 0.244 e. The van der Waals surface area contributed by atoms with Gasteiger partial charge in [-0.2, -0.15) is 5.10 Å². The standard InChI is InChI=1S/C9H17N5O2S/c1-4-7(9(10)11)14-17(15,16)8-5(2)12-13-6(8)3/h7,14H,4H2,1-3H3,(H3,10,11)(H,12,13). The second-order valence-corrected chi connectivity index (χ2v) is 5.45. The fraction of sp³-hybridized carbons (Fsp3) is 0.556. The van der Waals surface area contributed by atoms with Gasteiger partial charge in [-0.1, -0.05) is 6.92 Å². The molecule has 0 radical (unpaired) electrons. The van der Waals surface area contributed by atoms with E-state index in [0.717, 1.165) is 0 Å². The first-order valence-corrected chi connectivity index (χ1v) is 6.65. The number of amidine groups is 1. The first-order chi connectivity index (χ1) is 7.79. The molecule has 0 saturated carbocycles. The number of rotatable bonds is 5. The minimum Gasteiger partial charge on any atom is -0.386 e. The van der Waals surface area contributed by atoms with Crippen LogP contribution >= 0.6 is 0 Å². The second kappa shape index (κ2) is 4.84. The molecule has 1 rings (SSSR count). The first-order valence-electron chi connectivity index (χ1n) is 5.17. The molecular weight excluding hydrogens is 242 g/mol. The topological polar surface area (TPSA) is 125 Å². The lowest BCUT2D eigenvalue weighted by molar-refractivity contribution is 0.570. The van der Waals surface area contributed by atoms with Gasteiger partial charge in [-0.3, -0.25) is 10.5 Å². The molecule has 1 atom stereocenters. The van der Waals surface area contributed by atoms with Crippen LogP contribution in [0.3, 0.4) is 0 Å². The molecule has 0 aliphatic rings. The molecule has 0 aliphatic carbocycles. The van der Waals surface area contributed by atoms with E-state index in [1.807, 2.05) is 0 Å². The van der Waals surface area contributed by atoms with Crippen LogP contribution in [0.15, 0.2) is 4.90 Å². The third-order valence-corrected chi connectivity index (χ3v) is 4.14. The molecule has 5 N–H and O–H groups in total. The number of aryl methyl sites for hydroxylation is 2. The highest BCUT2D eigenvalue weighted by Gasteiger charge is 2.25. The van der Waals surface area contributed by atoms with Gasteiger partial charge in [0.2, 0.25) is 10.0 Å². The van der Waals surface area contributed by atoms with Crippen LogP contribution in [0.2, 0.25) is 0 Å². The number of nitrogens with one attached hydrogen (secondary N) is 3. The van der Waals surface area contributed by atoms with Gasteiger partial charge < -0.3 is 5.73 Å². The average Bonchev–Trinajstić information content (AvgIpc) is 2.55. The Kier molecular flexibility index (Phi) is 3.89. The third-order valence-electron chi connectivity index (χ3n) is 2.41. The predicted octanol–water partition coefficient (Wildman–Crippen LogP) is 0.0194. The van der Waals surface area contributed by atoms with E-state index in [1.54, 1.807) is 20.8 Å². The molecule has 1 unspecified atom stereocenters. The van der Waals surface area contributed by atoms with Crippen LogP contribution in [0.25, 0.3) is 0 Å². The zero-order valence-electron chi connectivity index (χ0n) is 10.0. The molecule has 17 heavy (non-hydrogen) atoms. The number of hydrogen-bond donors (Lipinski definition) is 4.